The Balaban J connectivity index is 1.81. The van der Waals surface area contributed by atoms with Crippen LogP contribution in [0.1, 0.15) is 85.6 Å². The molecule has 1 aromatic rings. The molecule has 0 bridgehead atoms. The van der Waals surface area contributed by atoms with E-state index in [9.17, 15) is 33.9 Å². The van der Waals surface area contributed by atoms with E-state index in [2.05, 4.69) is 6.58 Å². The lowest BCUT2D eigenvalue weighted by atomic mass is 9.47. The molecule has 4 fully saturated rings. The highest BCUT2D eigenvalue weighted by molar-refractivity contribution is 5.76. The molecule has 0 aromatic carbocycles. The van der Waals surface area contributed by atoms with Gasteiger partial charge in [0, 0.05) is 37.0 Å². The first kappa shape index (κ1) is 40.0. The Bertz CT molecular complexity index is 1620. The van der Waals surface area contributed by atoms with Gasteiger partial charge in [-0.3, -0.25) is 24.0 Å². The van der Waals surface area contributed by atoms with Crippen molar-refractivity contribution in [1.82, 2.24) is 0 Å². The average molecular weight is 747 g/mol. The lowest BCUT2D eigenvalue weighted by Crippen LogP contribution is -2.68. The molecule has 1 spiro atoms. The summed E-state index contributed by atoms with van der Waals surface area (Å²) in [7, 11) is 1.17. The molecule has 0 amide bonds. The van der Waals surface area contributed by atoms with Crippen LogP contribution in [0.15, 0.2) is 35.2 Å². The van der Waals surface area contributed by atoms with Crippen LogP contribution in [0, 0.1) is 28.6 Å². The molecule has 2 aliphatic carbocycles. The van der Waals surface area contributed by atoms with Gasteiger partial charge in [0.1, 0.15) is 36.1 Å². The normalized spacial score (nSPS) is 38.5. The summed E-state index contributed by atoms with van der Waals surface area (Å²) >= 11 is 0. The van der Waals surface area contributed by atoms with Gasteiger partial charge in [0.05, 0.1) is 44.0 Å². The number of carbonyl (C=O) groups is 6. The number of aliphatic hydroxyl groups excluding tert-OH is 1. The van der Waals surface area contributed by atoms with Crippen molar-refractivity contribution in [1.29, 1.82) is 0 Å². The first-order chi connectivity index (χ1) is 24.9. The average Bonchev–Trinajstić information content (AvgIpc) is 3.47. The third-order valence-corrected chi connectivity index (χ3v) is 12.6. The third kappa shape index (κ3) is 6.43. The van der Waals surface area contributed by atoms with E-state index in [-0.39, 0.29) is 6.47 Å². The number of hydrogen-bond donors (Lipinski definition) is 1. The van der Waals surface area contributed by atoms with Crippen LogP contribution in [0.5, 0.6) is 0 Å². The standard InChI is InChI=1S/C38H50O15/c1-10-19(2)31(44)34(45)51-33-32(49-18-39)30(20(3)38-27(52-38)13-24(37(33,38)8)23-11-12-47-16-23)36(7)25(14-28(42)46-9)35(6,17-48-21(4)40)53-29(43)15-26(36)50-22(5)41/h11-12,16,18-19,24-27,30-33,44H,3,10,13-15,17H2,1-2,4-9H3/t19-,24-,25?,26-,27+,30+,31+,32+,33-,35+,36+,37+,38+/m0/s1. The zero-order valence-electron chi connectivity index (χ0n) is 31.4. The maximum atomic E-state index is 13.9. The number of methoxy groups -OCH3 is 1. The van der Waals surface area contributed by atoms with E-state index in [1.165, 1.54) is 27.2 Å². The molecule has 15 nitrogen and oxygen atoms in total. The highest BCUT2D eigenvalue weighted by Crippen LogP contribution is 2.76. The van der Waals surface area contributed by atoms with Crippen molar-refractivity contribution in [3.8, 4) is 0 Å². The van der Waals surface area contributed by atoms with Crippen molar-refractivity contribution in [3.05, 3.63) is 36.3 Å². The number of cyclic esters (lactones) is 1. The zero-order chi connectivity index (χ0) is 39.3. The van der Waals surface area contributed by atoms with Gasteiger partial charge in [-0.05, 0) is 36.5 Å². The van der Waals surface area contributed by atoms with Gasteiger partial charge >= 0.3 is 29.8 Å². The molecule has 13 atom stereocenters. The van der Waals surface area contributed by atoms with Crippen molar-refractivity contribution < 1.29 is 71.4 Å². The molecule has 53 heavy (non-hydrogen) atoms. The lowest BCUT2D eigenvalue weighted by Gasteiger charge is -2.59. The maximum Gasteiger partial charge on any atom is 0.335 e. The molecule has 2 saturated heterocycles. The highest BCUT2D eigenvalue weighted by atomic mass is 16.6. The van der Waals surface area contributed by atoms with Crippen LogP contribution in [-0.2, 0) is 61.9 Å². The van der Waals surface area contributed by atoms with Gasteiger partial charge in [-0.2, -0.15) is 0 Å². The van der Waals surface area contributed by atoms with Crippen molar-refractivity contribution in [3.63, 3.8) is 0 Å². The third-order valence-electron chi connectivity index (χ3n) is 12.6. The largest absolute Gasteiger partial charge is 0.472 e. The molecule has 1 unspecified atom stereocenters. The lowest BCUT2D eigenvalue weighted by molar-refractivity contribution is -0.225. The van der Waals surface area contributed by atoms with E-state index in [0.717, 1.165) is 12.5 Å². The first-order valence-corrected chi connectivity index (χ1v) is 17.8. The second kappa shape index (κ2) is 14.5. The summed E-state index contributed by atoms with van der Waals surface area (Å²) in [6.45, 7) is 15.1. The fourth-order valence-corrected chi connectivity index (χ4v) is 9.79. The van der Waals surface area contributed by atoms with Gasteiger partial charge < -0.3 is 42.7 Å². The summed E-state index contributed by atoms with van der Waals surface area (Å²) in [4.78, 5) is 78.5. The molecule has 4 aliphatic rings. The second-order valence-corrected chi connectivity index (χ2v) is 15.4. The van der Waals surface area contributed by atoms with E-state index >= 15 is 0 Å². The van der Waals surface area contributed by atoms with Gasteiger partial charge in [-0.25, -0.2) is 4.79 Å². The Morgan fingerprint density at radius 2 is 1.83 bits per heavy atom. The molecule has 1 N–H and O–H groups in total. The van der Waals surface area contributed by atoms with Crippen LogP contribution in [0.4, 0.5) is 0 Å². The molecule has 292 valence electrons. The van der Waals surface area contributed by atoms with Crippen LogP contribution in [0.2, 0.25) is 0 Å². The minimum Gasteiger partial charge on any atom is -0.472 e. The monoisotopic (exact) mass is 746 g/mol. The summed E-state index contributed by atoms with van der Waals surface area (Å²) in [5.41, 5.74) is -4.74. The SMILES string of the molecule is C=C1[C@@H]([C@]2(C)C(CC(=O)OC)[C@@](C)(COC(C)=O)OC(=O)C[C@@H]2OC(C)=O)[C@@H](OC=O)[C@H](OC(=O)[C@H](O)[C@@H](C)CC)[C@@]2(C)[C@H](c3ccoc3)C[C@H]3O[C@]132. The van der Waals surface area contributed by atoms with E-state index in [0.29, 0.717) is 18.4 Å². The van der Waals surface area contributed by atoms with E-state index in [4.69, 9.17) is 37.6 Å². The van der Waals surface area contributed by atoms with Gasteiger partial charge in [0.2, 0.25) is 0 Å². The Kier molecular flexibility index (Phi) is 11.0. The number of esters is 5. The fraction of sp³-hybridized carbons (Fsp3) is 0.684. The van der Waals surface area contributed by atoms with Crippen molar-refractivity contribution in [2.45, 2.75) is 122 Å². The minimum absolute atomic E-state index is 0.196. The van der Waals surface area contributed by atoms with E-state index in [1.54, 1.807) is 26.2 Å². The quantitative estimate of drug-likeness (QED) is 0.101. The highest BCUT2D eigenvalue weighted by Gasteiger charge is 2.85. The zero-order valence-corrected chi connectivity index (χ0v) is 31.4. The number of aliphatic hydroxyl groups is 1. The Labute approximate surface area is 307 Å². The Morgan fingerprint density at radius 1 is 1.13 bits per heavy atom. The number of epoxide rings is 1. The molecule has 1 aromatic heterocycles. The smallest absolute Gasteiger partial charge is 0.335 e. The predicted octanol–water partition coefficient (Wildman–Crippen LogP) is 3.34. The summed E-state index contributed by atoms with van der Waals surface area (Å²) in [6, 6.07) is 1.78. The Morgan fingerprint density at radius 3 is 2.40 bits per heavy atom. The van der Waals surface area contributed by atoms with E-state index < -0.39 is 126 Å². The van der Waals surface area contributed by atoms with Crippen LogP contribution < -0.4 is 0 Å². The number of carbonyl (C=O) groups excluding carboxylic acids is 6. The molecule has 0 radical (unpaired) electrons. The fourth-order valence-electron chi connectivity index (χ4n) is 9.79. The minimum atomic E-state index is -1.76. The maximum absolute atomic E-state index is 13.9. The summed E-state index contributed by atoms with van der Waals surface area (Å²) in [5.74, 6) is -7.29. The first-order valence-electron chi connectivity index (χ1n) is 17.8. The van der Waals surface area contributed by atoms with Crippen LogP contribution >= 0.6 is 0 Å². The number of ether oxygens (including phenoxy) is 7. The second-order valence-electron chi connectivity index (χ2n) is 15.4. The van der Waals surface area contributed by atoms with Crippen molar-refractivity contribution >= 4 is 36.3 Å². The molecular weight excluding hydrogens is 696 g/mol. The van der Waals surface area contributed by atoms with Crippen LogP contribution in [0.3, 0.4) is 0 Å². The Hall–Kier alpha value is -4.24. The summed E-state index contributed by atoms with van der Waals surface area (Å²) < 4.78 is 46.8. The molecule has 2 aliphatic heterocycles. The van der Waals surface area contributed by atoms with Crippen LogP contribution in [-0.4, -0.2) is 96.9 Å². The van der Waals surface area contributed by atoms with Crippen LogP contribution in [0.25, 0.3) is 0 Å². The topological polar surface area (TPSA) is 204 Å². The molecule has 15 heteroatoms. The molecular formula is C38H50O15. The number of rotatable bonds is 13. The van der Waals surface area contributed by atoms with Gasteiger partial charge in [-0.1, -0.05) is 40.7 Å². The summed E-state index contributed by atoms with van der Waals surface area (Å²) in [5, 5.41) is 11.1. The number of furan rings is 1. The van der Waals surface area contributed by atoms with Crippen molar-refractivity contribution in [2.75, 3.05) is 13.7 Å². The molecule has 2 saturated carbocycles. The molecule has 3 heterocycles. The van der Waals surface area contributed by atoms with Gasteiger partial charge in [0.25, 0.3) is 6.47 Å². The number of hydrogen-bond acceptors (Lipinski definition) is 15. The van der Waals surface area contributed by atoms with Gasteiger partial charge in [-0.15, -0.1) is 0 Å². The summed E-state index contributed by atoms with van der Waals surface area (Å²) in [6.07, 6.45) is -3.21. The predicted molar refractivity (Wildman–Crippen MR) is 180 cm³/mol. The van der Waals surface area contributed by atoms with Gasteiger partial charge in [0.15, 0.2) is 6.10 Å². The van der Waals surface area contributed by atoms with E-state index in [1.807, 2.05) is 13.8 Å². The molecule has 5 rings (SSSR count). The van der Waals surface area contributed by atoms with Crippen molar-refractivity contribution in [2.24, 2.45) is 28.6 Å².